The number of benzene rings is 1. The minimum absolute atomic E-state index is 0. The molecule has 0 bridgehead atoms. The molecule has 0 aromatic heterocycles. The van der Waals surface area contributed by atoms with E-state index >= 15 is 0 Å². The molecule has 0 amide bonds. The number of nitrogens with one attached hydrogen (secondary N) is 1. The summed E-state index contributed by atoms with van der Waals surface area (Å²) in [5.74, 6) is 0.175. The first-order valence-corrected chi connectivity index (χ1v) is 5.41. The normalized spacial score (nSPS) is 11.8. The van der Waals surface area contributed by atoms with Gasteiger partial charge in [-0.2, -0.15) is 0 Å². The standard InChI is InChI=1S/C13H19NO.ClH/c1-5-14-11(4)13(15)12-7-6-9(2)8-10(12)3;/h6-8,11,14H,5H2,1-4H3;1H. The van der Waals surface area contributed by atoms with Gasteiger partial charge in [-0.15, -0.1) is 12.4 Å². The van der Waals surface area contributed by atoms with Gasteiger partial charge in [0.25, 0.3) is 0 Å². The van der Waals surface area contributed by atoms with Gasteiger partial charge in [-0.3, -0.25) is 4.79 Å². The minimum Gasteiger partial charge on any atom is -0.308 e. The predicted octanol–water partition coefficient (Wildman–Crippen LogP) is 2.91. The van der Waals surface area contributed by atoms with Gasteiger partial charge in [0.05, 0.1) is 6.04 Å². The van der Waals surface area contributed by atoms with Crippen LogP contribution in [0, 0.1) is 13.8 Å². The first kappa shape index (κ1) is 15.1. The number of likely N-dealkylation sites (N-methyl/N-ethyl adjacent to an activating group) is 1. The Morgan fingerprint density at radius 3 is 2.50 bits per heavy atom. The van der Waals surface area contributed by atoms with Gasteiger partial charge < -0.3 is 5.32 Å². The van der Waals surface area contributed by atoms with Gasteiger partial charge >= 0.3 is 0 Å². The first-order chi connectivity index (χ1) is 7.06. The quantitative estimate of drug-likeness (QED) is 0.822. The summed E-state index contributed by atoms with van der Waals surface area (Å²) < 4.78 is 0. The van der Waals surface area contributed by atoms with Crippen LogP contribution in [-0.4, -0.2) is 18.4 Å². The zero-order chi connectivity index (χ0) is 11.4. The number of carbonyl (C=O) groups is 1. The number of hydrogen-bond donors (Lipinski definition) is 1. The molecular formula is C13H20ClNO. The van der Waals surface area contributed by atoms with Gasteiger partial charge in [0.1, 0.15) is 0 Å². The number of carbonyl (C=O) groups excluding carboxylic acids is 1. The third-order valence-corrected chi connectivity index (χ3v) is 2.55. The fraction of sp³-hybridized carbons (Fsp3) is 0.462. The Kier molecular flexibility index (Phi) is 6.31. The van der Waals surface area contributed by atoms with Gasteiger partial charge in [0.2, 0.25) is 0 Å². The lowest BCUT2D eigenvalue weighted by atomic mass is 9.99. The van der Waals surface area contributed by atoms with E-state index in [0.29, 0.717) is 0 Å². The highest BCUT2D eigenvalue weighted by Crippen LogP contribution is 2.12. The van der Waals surface area contributed by atoms with E-state index in [4.69, 9.17) is 0 Å². The zero-order valence-corrected chi connectivity index (χ0v) is 11.1. The molecule has 0 aliphatic carbocycles. The Bertz CT molecular complexity index is 363. The Hall–Kier alpha value is -0.860. The molecule has 1 rings (SSSR count). The van der Waals surface area contributed by atoms with Crippen LogP contribution < -0.4 is 5.32 Å². The molecule has 1 N–H and O–H groups in total. The Morgan fingerprint density at radius 1 is 1.38 bits per heavy atom. The van der Waals surface area contributed by atoms with Gasteiger partial charge in [0.15, 0.2) is 5.78 Å². The topological polar surface area (TPSA) is 29.1 Å². The zero-order valence-electron chi connectivity index (χ0n) is 10.3. The third-order valence-electron chi connectivity index (χ3n) is 2.55. The van der Waals surface area contributed by atoms with Gasteiger partial charge in [0, 0.05) is 5.56 Å². The molecule has 1 aromatic carbocycles. The number of ketones is 1. The van der Waals surface area contributed by atoms with Crippen LogP contribution in [-0.2, 0) is 0 Å². The molecular weight excluding hydrogens is 222 g/mol. The fourth-order valence-corrected chi connectivity index (χ4v) is 1.72. The van der Waals surface area contributed by atoms with E-state index in [0.717, 1.165) is 17.7 Å². The molecule has 1 unspecified atom stereocenters. The van der Waals surface area contributed by atoms with Crippen LogP contribution in [0.3, 0.4) is 0 Å². The summed E-state index contributed by atoms with van der Waals surface area (Å²) in [7, 11) is 0. The second-order valence-corrected chi connectivity index (χ2v) is 3.96. The summed E-state index contributed by atoms with van der Waals surface area (Å²) in [4.78, 5) is 12.0. The lowest BCUT2D eigenvalue weighted by Gasteiger charge is -2.13. The van der Waals surface area contributed by atoms with E-state index < -0.39 is 0 Å². The minimum atomic E-state index is -0.101. The van der Waals surface area contributed by atoms with E-state index in [-0.39, 0.29) is 24.2 Å². The molecule has 16 heavy (non-hydrogen) atoms. The summed E-state index contributed by atoms with van der Waals surface area (Å²) >= 11 is 0. The van der Waals surface area contributed by atoms with Gasteiger partial charge in [-0.1, -0.05) is 30.7 Å². The summed E-state index contributed by atoms with van der Waals surface area (Å²) in [6, 6.07) is 5.85. The van der Waals surface area contributed by atoms with Crippen LogP contribution in [0.1, 0.15) is 35.3 Å². The number of rotatable bonds is 4. The van der Waals surface area contributed by atoms with Crippen LogP contribution in [0.15, 0.2) is 18.2 Å². The van der Waals surface area contributed by atoms with Crippen molar-refractivity contribution in [2.75, 3.05) is 6.54 Å². The first-order valence-electron chi connectivity index (χ1n) is 5.41. The van der Waals surface area contributed by atoms with Crippen molar-refractivity contribution in [2.24, 2.45) is 0 Å². The molecule has 0 radical (unpaired) electrons. The van der Waals surface area contributed by atoms with Crippen LogP contribution in [0.25, 0.3) is 0 Å². The highest BCUT2D eigenvalue weighted by Gasteiger charge is 2.15. The fourth-order valence-electron chi connectivity index (χ4n) is 1.72. The molecule has 0 aliphatic rings. The molecule has 0 heterocycles. The van der Waals surface area contributed by atoms with Crippen molar-refractivity contribution in [3.05, 3.63) is 34.9 Å². The van der Waals surface area contributed by atoms with Crippen LogP contribution in [0.4, 0.5) is 0 Å². The molecule has 2 nitrogen and oxygen atoms in total. The molecule has 3 heteroatoms. The van der Waals surface area contributed by atoms with Crippen molar-refractivity contribution in [3.63, 3.8) is 0 Å². The maximum Gasteiger partial charge on any atom is 0.179 e. The molecule has 0 saturated carbocycles. The van der Waals surface area contributed by atoms with Crippen molar-refractivity contribution in [2.45, 2.75) is 33.7 Å². The lowest BCUT2D eigenvalue weighted by molar-refractivity contribution is 0.0951. The smallest absolute Gasteiger partial charge is 0.179 e. The number of Topliss-reactive ketones (excluding diaryl/α,β-unsaturated/α-hetero) is 1. The van der Waals surface area contributed by atoms with Gasteiger partial charge in [-0.05, 0) is 32.9 Å². The van der Waals surface area contributed by atoms with E-state index in [1.54, 1.807) is 0 Å². The Balaban J connectivity index is 0.00000225. The molecule has 0 saturated heterocycles. The van der Waals surface area contributed by atoms with Crippen molar-refractivity contribution < 1.29 is 4.79 Å². The predicted molar refractivity (Wildman–Crippen MR) is 70.6 cm³/mol. The maximum absolute atomic E-state index is 12.0. The highest BCUT2D eigenvalue weighted by atomic mass is 35.5. The SMILES string of the molecule is CCNC(C)C(=O)c1ccc(C)cc1C.Cl. The van der Waals surface area contributed by atoms with Crippen molar-refractivity contribution in [1.82, 2.24) is 5.32 Å². The van der Waals surface area contributed by atoms with E-state index in [1.165, 1.54) is 5.56 Å². The van der Waals surface area contributed by atoms with E-state index in [2.05, 4.69) is 5.32 Å². The molecule has 1 atom stereocenters. The maximum atomic E-state index is 12.0. The van der Waals surface area contributed by atoms with Crippen LogP contribution in [0.2, 0.25) is 0 Å². The molecule has 0 spiro atoms. The molecule has 1 aromatic rings. The highest BCUT2D eigenvalue weighted by molar-refractivity contribution is 6.01. The summed E-state index contributed by atoms with van der Waals surface area (Å²) in [5.41, 5.74) is 3.08. The number of aryl methyl sites for hydroxylation is 2. The lowest BCUT2D eigenvalue weighted by Crippen LogP contribution is -2.34. The summed E-state index contributed by atoms with van der Waals surface area (Å²) in [5, 5.41) is 3.14. The van der Waals surface area contributed by atoms with Crippen molar-refractivity contribution in [3.8, 4) is 0 Å². The second-order valence-electron chi connectivity index (χ2n) is 3.96. The number of halogens is 1. The average molecular weight is 242 g/mol. The van der Waals surface area contributed by atoms with Crippen LogP contribution in [0.5, 0.6) is 0 Å². The largest absolute Gasteiger partial charge is 0.308 e. The summed E-state index contributed by atoms with van der Waals surface area (Å²) in [6.07, 6.45) is 0. The van der Waals surface area contributed by atoms with Crippen LogP contribution >= 0.6 is 12.4 Å². The Morgan fingerprint density at radius 2 is 2.00 bits per heavy atom. The van der Waals surface area contributed by atoms with Gasteiger partial charge in [-0.25, -0.2) is 0 Å². The Labute approximate surface area is 104 Å². The average Bonchev–Trinajstić information content (AvgIpc) is 2.17. The van der Waals surface area contributed by atoms with E-state index in [1.807, 2.05) is 45.9 Å². The molecule has 90 valence electrons. The third kappa shape index (κ3) is 3.62. The number of hydrogen-bond acceptors (Lipinski definition) is 2. The van der Waals surface area contributed by atoms with E-state index in [9.17, 15) is 4.79 Å². The monoisotopic (exact) mass is 241 g/mol. The molecule has 0 fully saturated rings. The molecule has 0 aliphatic heterocycles. The van der Waals surface area contributed by atoms with Crippen molar-refractivity contribution in [1.29, 1.82) is 0 Å². The second kappa shape index (κ2) is 6.66. The van der Waals surface area contributed by atoms with Crippen molar-refractivity contribution >= 4 is 18.2 Å². The summed E-state index contributed by atoms with van der Waals surface area (Å²) in [6.45, 7) is 8.75.